The molecule has 2 nitrogen and oxygen atoms in total. The number of fused-ring (bicyclic) bond motifs is 3. The molecule has 130 valence electrons. The summed E-state index contributed by atoms with van der Waals surface area (Å²) in [4.78, 5) is 13.1. The lowest BCUT2D eigenvalue weighted by molar-refractivity contribution is -0.123. The van der Waals surface area contributed by atoms with E-state index in [9.17, 15) is 9.90 Å². The van der Waals surface area contributed by atoms with Gasteiger partial charge in [0.1, 0.15) is 5.60 Å². The second kappa shape index (κ2) is 5.54. The third kappa shape index (κ3) is 1.81. The molecule has 0 saturated carbocycles. The van der Waals surface area contributed by atoms with Gasteiger partial charge in [-0.1, -0.05) is 52.0 Å². The first-order valence-corrected chi connectivity index (χ1v) is 9.62. The molecule has 2 heteroatoms. The van der Waals surface area contributed by atoms with Crippen molar-refractivity contribution in [1.29, 1.82) is 0 Å². The van der Waals surface area contributed by atoms with Crippen LogP contribution >= 0.6 is 0 Å². The predicted molar refractivity (Wildman–Crippen MR) is 103 cm³/mol. The topological polar surface area (TPSA) is 37.3 Å². The molecule has 2 unspecified atom stereocenters. The third-order valence-electron chi connectivity index (χ3n) is 6.31. The van der Waals surface area contributed by atoms with Gasteiger partial charge < -0.3 is 5.11 Å². The van der Waals surface area contributed by atoms with E-state index < -0.39 is 5.60 Å². The average molecular weight is 334 g/mol. The fourth-order valence-corrected chi connectivity index (χ4v) is 5.21. The Kier molecular flexibility index (Phi) is 3.66. The van der Waals surface area contributed by atoms with E-state index >= 15 is 0 Å². The first-order chi connectivity index (χ1) is 12.0. The summed E-state index contributed by atoms with van der Waals surface area (Å²) in [7, 11) is 0. The van der Waals surface area contributed by atoms with Gasteiger partial charge in [-0.15, -0.1) is 0 Å². The SMILES string of the molecule is CCC1=C2c3c(CC)ccc4ccc(CC)c(c34)C2(O)C(CC)C1=O. The van der Waals surface area contributed by atoms with Crippen molar-refractivity contribution in [3.05, 3.63) is 52.1 Å². The molecule has 0 aliphatic heterocycles. The number of aryl methyl sites for hydroxylation is 2. The summed E-state index contributed by atoms with van der Waals surface area (Å²) in [5, 5.41) is 14.4. The fourth-order valence-electron chi connectivity index (χ4n) is 5.21. The van der Waals surface area contributed by atoms with Crippen LogP contribution in [0.1, 0.15) is 62.8 Å². The Hall–Kier alpha value is -1.93. The fraction of sp³-hybridized carbons (Fsp3) is 0.435. The third-order valence-corrected chi connectivity index (χ3v) is 6.31. The lowest BCUT2D eigenvalue weighted by Gasteiger charge is -2.30. The zero-order valence-corrected chi connectivity index (χ0v) is 15.6. The Bertz CT molecular complexity index is 929. The lowest BCUT2D eigenvalue weighted by Crippen LogP contribution is -2.34. The number of ketones is 1. The Labute approximate surface area is 149 Å². The Morgan fingerprint density at radius 1 is 0.960 bits per heavy atom. The summed E-state index contributed by atoms with van der Waals surface area (Å²) in [6.07, 6.45) is 3.12. The highest BCUT2D eigenvalue weighted by Gasteiger charge is 2.57. The van der Waals surface area contributed by atoms with E-state index in [1.54, 1.807) is 0 Å². The molecular weight excluding hydrogens is 308 g/mol. The molecule has 25 heavy (non-hydrogen) atoms. The van der Waals surface area contributed by atoms with Gasteiger partial charge in [-0.2, -0.15) is 0 Å². The maximum Gasteiger partial charge on any atom is 0.165 e. The number of hydrogen-bond acceptors (Lipinski definition) is 2. The molecule has 0 saturated heterocycles. The number of carbonyl (C=O) groups is 1. The van der Waals surface area contributed by atoms with Crippen molar-refractivity contribution in [3.8, 4) is 0 Å². The zero-order valence-electron chi connectivity index (χ0n) is 15.6. The van der Waals surface area contributed by atoms with Crippen molar-refractivity contribution < 1.29 is 9.90 Å². The first-order valence-electron chi connectivity index (χ1n) is 9.62. The number of hydrogen-bond donors (Lipinski definition) is 1. The van der Waals surface area contributed by atoms with E-state index in [0.29, 0.717) is 12.8 Å². The molecule has 0 amide bonds. The van der Waals surface area contributed by atoms with E-state index in [-0.39, 0.29) is 11.7 Å². The van der Waals surface area contributed by atoms with Gasteiger partial charge in [0.25, 0.3) is 0 Å². The largest absolute Gasteiger partial charge is 0.380 e. The van der Waals surface area contributed by atoms with Crippen molar-refractivity contribution in [2.24, 2.45) is 5.92 Å². The van der Waals surface area contributed by atoms with Crippen LogP contribution in [0.25, 0.3) is 16.3 Å². The van der Waals surface area contributed by atoms with Crippen LogP contribution in [0.2, 0.25) is 0 Å². The summed E-state index contributed by atoms with van der Waals surface area (Å²) in [6.45, 7) is 8.34. The van der Waals surface area contributed by atoms with Crippen molar-refractivity contribution in [2.45, 2.75) is 59.0 Å². The van der Waals surface area contributed by atoms with Crippen molar-refractivity contribution in [3.63, 3.8) is 0 Å². The molecule has 0 radical (unpaired) electrons. The summed E-state index contributed by atoms with van der Waals surface area (Å²) in [5.74, 6) is -0.205. The Balaban J connectivity index is 2.24. The van der Waals surface area contributed by atoms with Crippen LogP contribution < -0.4 is 0 Å². The van der Waals surface area contributed by atoms with Crippen molar-refractivity contribution in [1.82, 2.24) is 0 Å². The number of rotatable bonds is 4. The molecule has 2 aliphatic carbocycles. The molecule has 0 heterocycles. The second-order valence-electron chi connectivity index (χ2n) is 7.30. The zero-order chi connectivity index (χ0) is 17.9. The van der Waals surface area contributed by atoms with Crippen LogP contribution in [0.3, 0.4) is 0 Å². The van der Waals surface area contributed by atoms with Gasteiger partial charge in [-0.25, -0.2) is 0 Å². The van der Waals surface area contributed by atoms with Gasteiger partial charge in [0.15, 0.2) is 5.78 Å². The molecule has 0 bridgehead atoms. The molecule has 2 aliphatic rings. The van der Waals surface area contributed by atoms with Crippen molar-refractivity contribution in [2.75, 3.05) is 0 Å². The van der Waals surface area contributed by atoms with Gasteiger partial charge in [0.2, 0.25) is 0 Å². The van der Waals surface area contributed by atoms with E-state index in [4.69, 9.17) is 0 Å². The minimum Gasteiger partial charge on any atom is -0.380 e. The molecule has 4 rings (SSSR count). The van der Waals surface area contributed by atoms with Crippen LogP contribution in [0, 0.1) is 5.92 Å². The predicted octanol–water partition coefficient (Wildman–Crippen LogP) is 4.94. The van der Waals surface area contributed by atoms with Crippen LogP contribution in [0.5, 0.6) is 0 Å². The second-order valence-corrected chi connectivity index (χ2v) is 7.30. The first kappa shape index (κ1) is 16.5. The molecule has 0 aromatic heterocycles. The normalized spacial score (nSPS) is 24.5. The molecule has 0 spiro atoms. The lowest BCUT2D eigenvalue weighted by atomic mass is 9.78. The number of benzene rings is 2. The van der Waals surface area contributed by atoms with Crippen LogP contribution in [0.15, 0.2) is 29.8 Å². The molecule has 2 atom stereocenters. The van der Waals surface area contributed by atoms with Crippen LogP contribution in [0.4, 0.5) is 0 Å². The van der Waals surface area contributed by atoms with E-state index in [1.165, 1.54) is 21.9 Å². The number of carbonyl (C=O) groups excluding carboxylic acids is 1. The van der Waals surface area contributed by atoms with Gasteiger partial charge in [-0.05, 0) is 53.1 Å². The van der Waals surface area contributed by atoms with Gasteiger partial charge in [-0.3, -0.25) is 4.79 Å². The molecular formula is C23H26O2. The van der Waals surface area contributed by atoms with Gasteiger partial charge >= 0.3 is 0 Å². The maximum atomic E-state index is 13.1. The minimum atomic E-state index is -1.14. The van der Waals surface area contributed by atoms with E-state index in [2.05, 4.69) is 38.1 Å². The minimum absolute atomic E-state index is 0.151. The molecule has 2 aromatic carbocycles. The Morgan fingerprint density at radius 2 is 1.60 bits per heavy atom. The van der Waals surface area contributed by atoms with Gasteiger partial charge in [0.05, 0.1) is 5.92 Å². The average Bonchev–Trinajstić information content (AvgIpc) is 3.01. The molecule has 1 N–H and O–H groups in total. The van der Waals surface area contributed by atoms with Crippen LogP contribution in [-0.2, 0) is 23.2 Å². The summed E-state index contributed by atoms with van der Waals surface area (Å²) in [6, 6.07) is 8.64. The van der Waals surface area contributed by atoms with E-state index in [0.717, 1.165) is 35.1 Å². The van der Waals surface area contributed by atoms with Gasteiger partial charge in [0, 0.05) is 16.7 Å². The number of aliphatic hydroxyl groups is 1. The molecule has 0 fully saturated rings. The smallest absolute Gasteiger partial charge is 0.165 e. The standard InChI is InChI=1S/C23H26O2/c1-5-13-9-11-15-12-10-14(6-2)20-19(15)18(13)21-16(7-3)22(24)17(8-4)23(20,21)25/h9-12,17,25H,5-8H2,1-4H3. The summed E-state index contributed by atoms with van der Waals surface area (Å²) in [5.41, 5.74) is 5.19. The molecule has 2 aromatic rings. The van der Waals surface area contributed by atoms with E-state index in [1.807, 2.05) is 13.8 Å². The Morgan fingerprint density at radius 3 is 2.16 bits per heavy atom. The number of allylic oxidation sites excluding steroid dienone is 1. The summed E-state index contributed by atoms with van der Waals surface area (Å²) >= 11 is 0. The maximum absolute atomic E-state index is 13.1. The summed E-state index contributed by atoms with van der Waals surface area (Å²) < 4.78 is 0. The monoisotopic (exact) mass is 334 g/mol. The number of Topliss-reactive ketones (excluding diaryl/α,β-unsaturated/α-hetero) is 1. The highest BCUT2D eigenvalue weighted by atomic mass is 16.3. The highest BCUT2D eigenvalue weighted by molar-refractivity contribution is 6.19. The highest BCUT2D eigenvalue weighted by Crippen LogP contribution is 2.61. The quantitative estimate of drug-likeness (QED) is 0.860. The van der Waals surface area contributed by atoms with Crippen molar-refractivity contribution >= 4 is 22.1 Å². The van der Waals surface area contributed by atoms with Crippen LogP contribution in [-0.4, -0.2) is 10.9 Å².